The van der Waals surface area contributed by atoms with Crippen LogP contribution in [0.4, 0.5) is 0 Å². The maximum atomic E-state index is 12.5. The molecule has 7 heteroatoms. The van der Waals surface area contributed by atoms with Crippen molar-refractivity contribution in [2.45, 2.75) is 18.3 Å². The molecule has 122 valence electrons. The van der Waals surface area contributed by atoms with E-state index in [0.29, 0.717) is 28.9 Å². The minimum atomic E-state index is -0.466. The second kappa shape index (κ2) is 5.10. The molecule has 4 atom stereocenters. The van der Waals surface area contributed by atoms with Gasteiger partial charge in [-0.2, -0.15) is 0 Å². The van der Waals surface area contributed by atoms with E-state index in [1.807, 2.05) is 17.0 Å². The average Bonchev–Trinajstić information content (AvgIpc) is 3.45. The molecule has 1 aromatic carbocycles. The van der Waals surface area contributed by atoms with E-state index in [0.717, 1.165) is 18.5 Å². The van der Waals surface area contributed by atoms with Crippen molar-refractivity contribution in [2.24, 2.45) is 17.8 Å². The number of nitrogens with one attached hydrogen (secondary N) is 1. The van der Waals surface area contributed by atoms with Crippen LogP contribution in [0.2, 0.25) is 10.0 Å². The molecule has 1 aromatic rings. The molecule has 0 aromatic heterocycles. The monoisotopic (exact) mass is 354 g/mol. The van der Waals surface area contributed by atoms with Crippen LogP contribution in [0, 0.1) is 17.8 Å². The molecule has 2 N–H and O–H groups in total. The zero-order valence-corrected chi connectivity index (χ0v) is 13.8. The minimum absolute atomic E-state index is 0.00644. The molecule has 5 nitrogen and oxygen atoms in total. The number of hydroxylamine groups is 1. The second-order valence-corrected chi connectivity index (χ2v) is 7.64. The van der Waals surface area contributed by atoms with Gasteiger partial charge in [0.1, 0.15) is 0 Å². The van der Waals surface area contributed by atoms with Crippen LogP contribution in [0.1, 0.15) is 18.4 Å². The van der Waals surface area contributed by atoms with Crippen molar-refractivity contribution in [3.05, 3.63) is 33.8 Å². The molecule has 1 aliphatic heterocycles. The predicted molar refractivity (Wildman–Crippen MR) is 84.4 cm³/mol. The second-order valence-electron chi connectivity index (χ2n) is 6.83. The van der Waals surface area contributed by atoms with Gasteiger partial charge in [-0.1, -0.05) is 29.3 Å². The summed E-state index contributed by atoms with van der Waals surface area (Å²) in [6, 6.07) is 5.69. The van der Waals surface area contributed by atoms with Crippen LogP contribution in [-0.2, 0) is 15.0 Å². The van der Waals surface area contributed by atoms with E-state index in [1.54, 1.807) is 11.5 Å². The Morgan fingerprint density at radius 3 is 2.74 bits per heavy atom. The quantitative estimate of drug-likeness (QED) is 0.645. The van der Waals surface area contributed by atoms with Crippen LogP contribution in [-0.4, -0.2) is 35.0 Å². The van der Waals surface area contributed by atoms with Crippen LogP contribution >= 0.6 is 23.2 Å². The van der Waals surface area contributed by atoms with Crippen LogP contribution in [0.3, 0.4) is 0 Å². The molecule has 0 spiro atoms. The molecular weight excluding hydrogens is 339 g/mol. The Kier molecular flexibility index (Phi) is 3.38. The first-order valence-electron chi connectivity index (χ1n) is 7.64. The number of benzene rings is 1. The molecule has 1 heterocycles. The lowest BCUT2D eigenvalue weighted by atomic mass is 9.95. The third-order valence-corrected chi connectivity index (χ3v) is 6.25. The van der Waals surface area contributed by atoms with Crippen LogP contribution in [0.15, 0.2) is 18.2 Å². The highest BCUT2D eigenvalue weighted by Gasteiger charge is 2.63. The molecule has 1 saturated heterocycles. The predicted octanol–water partition coefficient (Wildman–Crippen LogP) is 2.23. The van der Waals surface area contributed by atoms with E-state index in [2.05, 4.69) is 0 Å². The van der Waals surface area contributed by atoms with Crippen LogP contribution in [0.5, 0.6) is 0 Å². The van der Waals surface area contributed by atoms with Crippen LogP contribution in [0.25, 0.3) is 0 Å². The van der Waals surface area contributed by atoms with Crippen molar-refractivity contribution in [3.8, 4) is 0 Å². The Balaban J connectivity index is 1.47. The summed E-state index contributed by atoms with van der Waals surface area (Å²) in [4.78, 5) is 25.7. The lowest BCUT2D eigenvalue weighted by Gasteiger charge is -2.22. The molecule has 3 fully saturated rings. The fourth-order valence-electron chi connectivity index (χ4n) is 3.98. The molecule has 23 heavy (non-hydrogen) atoms. The Labute approximate surface area is 143 Å². The van der Waals surface area contributed by atoms with Crippen molar-refractivity contribution in [3.63, 3.8) is 0 Å². The van der Waals surface area contributed by atoms with Crippen molar-refractivity contribution in [1.82, 2.24) is 10.4 Å². The smallest absolute Gasteiger partial charge is 0.247 e. The Bertz CT molecular complexity index is 711. The summed E-state index contributed by atoms with van der Waals surface area (Å²) < 4.78 is 0. The van der Waals surface area contributed by atoms with E-state index in [-0.39, 0.29) is 23.2 Å². The molecular formula is C16H16Cl2N2O3. The third-order valence-electron chi connectivity index (χ3n) is 5.51. The topological polar surface area (TPSA) is 69.6 Å². The number of nitrogens with zero attached hydrogens (tertiary/aromatic N) is 1. The maximum Gasteiger partial charge on any atom is 0.247 e. The van der Waals surface area contributed by atoms with Gasteiger partial charge >= 0.3 is 0 Å². The largest absolute Gasteiger partial charge is 0.341 e. The summed E-state index contributed by atoms with van der Waals surface area (Å²) in [5, 5.41) is 9.72. The van der Waals surface area contributed by atoms with E-state index in [9.17, 15) is 9.59 Å². The van der Waals surface area contributed by atoms with Gasteiger partial charge in [-0.25, -0.2) is 5.48 Å². The number of carbonyl (C=O) groups excluding carboxylic acids is 2. The molecule has 4 rings (SSSR count). The van der Waals surface area contributed by atoms with Gasteiger partial charge in [-0.15, -0.1) is 0 Å². The summed E-state index contributed by atoms with van der Waals surface area (Å²) in [5.41, 5.74) is 2.75. The number of rotatable bonds is 3. The number of piperidine rings is 1. The molecule has 1 unspecified atom stereocenters. The standard InChI is InChI=1S/C16H16Cl2N2O3/c17-12-2-1-8(3-13(12)18)16-5-9(16)6-20(7-16)15(22)11-4-10(11)14(21)19-23/h1-3,9-11,23H,4-7H2,(H,19,21)/t9-,10-,11+,16?/m1/s1. The lowest BCUT2D eigenvalue weighted by Crippen LogP contribution is -2.35. The van der Waals surface area contributed by atoms with Crippen molar-refractivity contribution in [1.29, 1.82) is 0 Å². The first kappa shape index (κ1) is 15.2. The summed E-state index contributed by atoms with van der Waals surface area (Å²) in [5.74, 6) is -0.666. The number of carbonyl (C=O) groups is 2. The van der Waals surface area contributed by atoms with E-state index < -0.39 is 5.91 Å². The highest BCUT2D eigenvalue weighted by atomic mass is 35.5. The lowest BCUT2D eigenvalue weighted by molar-refractivity contribution is -0.136. The van der Waals surface area contributed by atoms with Gasteiger partial charge in [-0.3, -0.25) is 14.8 Å². The fourth-order valence-corrected chi connectivity index (χ4v) is 4.28. The van der Waals surface area contributed by atoms with E-state index >= 15 is 0 Å². The molecule has 2 saturated carbocycles. The molecule has 3 aliphatic rings. The van der Waals surface area contributed by atoms with Gasteiger partial charge in [0.25, 0.3) is 0 Å². The SMILES string of the molecule is O=C(NO)[C@@H]1C[C@@H]1C(=O)N1C[C@H]2CC2(c2ccc(Cl)c(Cl)c2)C1. The van der Waals surface area contributed by atoms with Gasteiger partial charge in [0, 0.05) is 18.5 Å². The number of fused-ring (bicyclic) bond motifs is 1. The first-order valence-corrected chi connectivity index (χ1v) is 8.40. The Morgan fingerprint density at radius 2 is 2.04 bits per heavy atom. The summed E-state index contributed by atoms with van der Waals surface area (Å²) in [7, 11) is 0. The van der Waals surface area contributed by atoms with E-state index in [1.165, 1.54) is 0 Å². The zero-order chi connectivity index (χ0) is 16.4. The number of hydrogen-bond acceptors (Lipinski definition) is 3. The average molecular weight is 355 g/mol. The van der Waals surface area contributed by atoms with Crippen molar-refractivity contribution in [2.75, 3.05) is 13.1 Å². The molecule has 2 amide bonds. The summed E-state index contributed by atoms with van der Waals surface area (Å²) >= 11 is 12.1. The third kappa shape index (κ3) is 2.33. The van der Waals surface area contributed by atoms with Gasteiger partial charge in [0.2, 0.25) is 11.8 Å². The molecule has 0 radical (unpaired) electrons. The highest BCUT2D eigenvalue weighted by molar-refractivity contribution is 6.42. The number of likely N-dealkylation sites (tertiary alicyclic amines) is 1. The summed E-state index contributed by atoms with van der Waals surface area (Å²) in [6.07, 6.45) is 1.58. The van der Waals surface area contributed by atoms with E-state index in [4.69, 9.17) is 28.4 Å². The van der Waals surface area contributed by atoms with Gasteiger partial charge in [0.05, 0.1) is 21.9 Å². The summed E-state index contributed by atoms with van der Waals surface area (Å²) in [6.45, 7) is 1.39. The first-order chi connectivity index (χ1) is 11.0. The number of amides is 2. The van der Waals surface area contributed by atoms with Crippen molar-refractivity contribution < 1.29 is 14.8 Å². The fraction of sp³-hybridized carbons (Fsp3) is 0.500. The molecule has 0 bridgehead atoms. The van der Waals surface area contributed by atoms with Gasteiger partial charge < -0.3 is 4.90 Å². The normalized spacial score (nSPS) is 34.0. The molecule has 2 aliphatic carbocycles. The maximum absolute atomic E-state index is 12.5. The number of halogens is 2. The van der Waals surface area contributed by atoms with Crippen LogP contribution < -0.4 is 5.48 Å². The zero-order valence-electron chi connectivity index (χ0n) is 12.3. The minimum Gasteiger partial charge on any atom is -0.341 e. The van der Waals surface area contributed by atoms with Crippen molar-refractivity contribution >= 4 is 35.0 Å². The number of hydrogen-bond donors (Lipinski definition) is 2. The Morgan fingerprint density at radius 1 is 1.26 bits per heavy atom. The van der Waals surface area contributed by atoms with Gasteiger partial charge in [-0.05, 0) is 36.5 Å². The highest BCUT2D eigenvalue weighted by Crippen LogP contribution is 2.60. The van der Waals surface area contributed by atoms with Gasteiger partial charge in [0.15, 0.2) is 0 Å². The Hall–Kier alpha value is -1.30.